The number of fused-ring (bicyclic) bond motifs is 1. The van der Waals surface area contributed by atoms with Crippen molar-refractivity contribution < 1.29 is 28.5 Å². The molecule has 0 radical (unpaired) electrons. The summed E-state index contributed by atoms with van der Waals surface area (Å²) >= 11 is 1.47. The summed E-state index contributed by atoms with van der Waals surface area (Å²) in [7, 11) is -1.85. The maximum absolute atomic E-state index is 11.7. The number of carboxylic acids is 1. The lowest BCUT2D eigenvalue weighted by molar-refractivity contribution is -0.150. The highest BCUT2D eigenvalue weighted by Gasteiger charge is 2.42. The quantitative estimate of drug-likeness (QED) is 0.220. The molecule has 0 aromatic heterocycles. The van der Waals surface area contributed by atoms with Crippen molar-refractivity contribution in [3.05, 3.63) is 42.5 Å². The molecule has 3 rings (SSSR count). The Balaban J connectivity index is 2.16. The molecule has 1 aliphatic rings. The average Bonchev–Trinajstić information content (AvgIpc) is 2.98. The Morgan fingerprint density at radius 1 is 1.14 bits per heavy atom. The lowest BCUT2D eigenvalue weighted by atomic mass is 9.79. The van der Waals surface area contributed by atoms with Gasteiger partial charge in [0.15, 0.2) is 6.10 Å². The molecule has 37 heavy (non-hydrogen) atoms. The molecule has 0 fully saturated rings. The zero-order valence-electron chi connectivity index (χ0n) is 22.3. The third-order valence-corrected chi connectivity index (χ3v) is 9.83. The van der Waals surface area contributed by atoms with E-state index in [1.165, 1.54) is 18.9 Å². The van der Waals surface area contributed by atoms with Gasteiger partial charge in [0.05, 0.1) is 15.5 Å². The van der Waals surface area contributed by atoms with Crippen LogP contribution in [-0.4, -0.2) is 58.6 Å². The minimum Gasteiger partial charge on any atom is -0.489 e. The first-order valence-corrected chi connectivity index (χ1v) is 15.8. The first kappa shape index (κ1) is 29.6. The molecule has 1 aliphatic heterocycles. The van der Waals surface area contributed by atoms with Crippen LogP contribution in [0.1, 0.15) is 52.4 Å². The fourth-order valence-corrected chi connectivity index (χ4v) is 7.76. The number of anilines is 2. The van der Waals surface area contributed by atoms with Gasteiger partial charge in [-0.3, -0.25) is 9.11 Å². The van der Waals surface area contributed by atoms with E-state index >= 15 is 0 Å². The number of para-hydroxylation sites is 1. The fourth-order valence-electron chi connectivity index (χ4n) is 5.02. The Hall–Kier alpha value is -1.91. The van der Waals surface area contributed by atoms with Crippen molar-refractivity contribution in [2.75, 3.05) is 37.2 Å². The molecular formula is C28H41NO6S2. The van der Waals surface area contributed by atoms with E-state index in [0.717, 1.165) is 54.8 Å². The molecule has 3 N–H and O–H groups in total. The number of ether oxygens (including phenoxy) is 2. The van der Waals surface area contributed by atoms with Gasteiger partial charge in [0.2, 0.25) is 0 Å². The normalized spacial score (nSPS) is 17.9. The summed E-state index contributed by atoms with van der Waals surface area (Å²) in [5, 5.41) is 9.36. The summed E-state index contributed by atoms with van der Waals surface area (Å²) in [5.41, 5.74) is 1.51. The van der Waals surface area contributed by atoms with E-state index in [1.54, 1.807) is 6.07 Å². The van der Waals surface area contributed by atoms with Crippen LogP contribution >= 0.6 is 22.4 Å². The van der Waals surface area contributed by atoms with Gasteiger partial charge < -0.3 is 19.5 Å². The monoisotopic (exact) mass is 551 g/mol. The number of methoxy groups -OCH3 is 1. The van der Waals surface area contributed by atoms with Crippen LogP contribution in [-0.2, 0) is 9.53 Å². The van der Waals surface area contributed by atoms with Crippen molar-refractivity contribution in [3.8, 4) is 5.75 Å². The number of carbonyl (C=O) groups is 1. The summed E-state index contributed by atoms with van der Waals surface area (Å²) in [5.74, 6) is -0.388. The molecule has 9 heteroatoms. The largest absolute Gasteiger partial charge is 0.489 e. The summed E-state index contributed by atoms with van der Waals surface area (Å²) in [4.78, 5) is 14.9. The van der Waals surface area contributed by atoms with Crippen LogP contribution in [0.4, 0.5) is 11.4 Å². The second kappa shape index (κ2) is 13.2. The van der Waals surface area contributed by atoms with Crippen LogP contribution in [0, 0.1) is 5.41 Å². The van der Waals surface area contributed by atoms with E-state index in [1.807, 2.05) is 30.5 Å². The number of rotatable bonds is 13. The molecule has 2 aromatic rings. The third-order valence-electron chi connectivity index (χ3n) is 7.03. The van der Waals surface area contributed by atoms with Gasteiger partial charge in [0.1, 0.15) is 12.4 Å². The topological polar surface area (TPSA) is 99.5 Å². The van der Waals surface area contributed by atoms with Crippen molar-refractivity contribution in [2.45, 2.75) is 68.3 Å². The van der Waals surface area contributed by atoms with Crippen molar-refractivity contribution in [1.29, 1.82) is 0 Å². The number of hydrogen-bond acceptors (Lipinski definition) is 7. The summed E-state index contributed by atoms with van der Waals surface area (Å²) < 4.78 is 34.4. The zero-order valence-corrected chi connectivity index (χ0v) is 23.9. The first-order chi connectivity index (χ1) is 17.7. The predicted molar refractivity (Wildman–Crippen MR) is 153 cm³/mol. The molecule has 0 bridgehead atoms. The van der Waals surface area contributed by atoms with Gasteiger partial charge in [-0.2, -0.15) is 10.6 Å². The second-order valence-corrected chi connectivity index (χ2v) is 12.7. The standard InChI is InChI=1S/C28H41NO6S2/c1-5-7-14-28(15-8-6-2)19-29(21-12-10-9-11-13-21)22-16-25(36-4)23(17-26(22)37(32,33)20-28)35-18-24(34-3)27(30)31/h9-13,16-17,24,32-33H,5-8,14-15,18-20H2,1-4H3,(H,30,31)/t24-/m0/s1. The number of carboxylic acid groups (broad SMARTS) is 1. The van der Waals surface area contributed by atoms with E-state index in [9.17, 15) is 19.0 Å². The Bertz CT molecular complexity index is 1020. The van der Waals surface area contributed by atoms with Gasteiger partial charge in [-0.15, -0.1) is 11.8 Å². The van der Waals surface area contributed by atoms with Crippen molar-refractivity contribution >= 4 is 39.7 Å². The van der Waals surface area contributed by atoms with Crippen LogP contribution in [0.2, 0.25) is 0 Å². The Kier molecular flexibility index (Phi) is 10.6. The van der Waals surface area contributed by atoms with E-state index in [2.05, 4.69) is 30.9 Å². The van der Waals surface area contributed by atoms with Gasteiger partial charge in [-0.05, 0) is 37.3 Å². The van der Waals surface area contributed by atoms with E-state index in [0.29, 0.717) is 22.9 Å². The number of nitrogens with zero attached hydrogens (tertiary/aromatic N) is 1. The van der Waals surface area contributed by atoms with Crippen molar-refractivity contribution in [1.82, 2.24) is 0 Å². The van der Waals surface area contributed by atoms with Crippen LogP contribution in [0.25, 0.3) is 0 Å². The van der Waals surface area contributed by atoms with Crippen molar-refractivity contribution in [3.63, 3.8) is 0 Å². The summed E-state index contributed by atoms with van der Waals surface area (Å²) in [6.07, 6.45) is 6.78. The average molecular weight is 552 g/mol. The first-order valence-electron chi connectivity index (χ1n) is 12.9. The number of thioether (sulfide) groups is 1. The Labute approximate surface area is 226 Å². The van der Waals surface area contributed by atoms with Crippen molar-refractivity contribution in [2.24, 2.45) is 5.41 Å². The molecule has 0 amide bonds. The van der Waals surface area contributed by atoms with Gasteiger partial charge >= 0.3 is 5.97 Å². The molecule has 0 aliphatic carbocycles. The van der Waals surface area contributed by atoms with Gasteiger partial charge in [-0.25, -0.2) is 4.79 Å². The molecule has 1 atom stereocenters. The van der Waals surface area contributed by atoms with Crippen LogP contribution in [0.15, 0.2) is 52.3 Å². The minimum absolute atomic E-state index is 0.184. The molecule has 1 heterocycles. The molecule has 206 valence electrons. The number of hydrogen-bond donors (Lipinski definition) is 3. The van der Waals surface area contributed by atoms with Crippen LogP contribution in [0.3, 0.4) is 0 Å². The molecule has 0 saturated heterocycles. The molecule has 7 nitrogen and oxygen atoms in total. The lowest BCUT2D eigenvalue weighted by Crippen LogP contribution is -2.37. The highest BCUT2D eigenvalue weighted by molar-refractivity contribution is 8.24. The van der Waals surface area contributed by atoms with Gasteiger partial charge in [0, 0.05) is 36.6 Å². The number of aliphatic carboxylic acids is 1. The molecule has 0 saturated carbocycles. The van der Waals surface area contributed by atoms with E-state index in [-0.39, 0.29) is 12.0 Å². The Morgan fingerprint density at radius 2 is 1.78 bits per heavy atom. The SMILES string of the molecule is CCCCC1(CCCC)CN(c2ccccc2)c2cc(SC)c(OC[C@H](OC)C(=O)O)cc2S(O)(O)C1. The Morgan fingerprint density at radius 3 is 2.32 bits per heavy atom. The smallest absolute Gasteiger partial charge is 0.336 e. The van der Waals surface area contributed by atoms with E-state index < -0.39 is 22.7 Å². The maximum atomic E-state index is 11.7. The predicted octanol–water partition coefficient (Wildman–Crippen LogP) is 7.51. The van der Waals surface area contributed by atoms with Crippen LogP contribution in [0.5, 0.6) is 5.75 Å². The molecule has 0 unspecified atom stereocenters. The molecule has 0 spiro atoms. The third kappa shape index (κ3) is 7.15. The minimum atomic E-state index is -3.17. The fraction of sp³-hybridized carbons (Fsp3) is 0.536. The zero-order chi connectivity index (χ0) is 27.1. The highest BCUT2D eigenvalue weighted by Crippen LogP contribution is 2.62. The lowest BCUT2D eigenvalue weighted by Gasteiger charge is -2.42. The summed E-state index contributed by atoms with van der Waals surface area (Å²) in [6.45, 7) is 4.85. The van der Waals surface area contributed by atoms with E-state index in [4.69, 9.17) is 9.47 Å². The molecule has 2 aromatic carbocycles. The summed E-state index contributed by atoms with van der Waals surface area (Å²) in [6, 6.07) is 13.8. The maximum Gasteiger partial charge on any atom is 0.336 e. The van der Waals surface area contributed by atoms with Crippen LogP contribution < -0.4 is 9.64 Å². The van der Waals surface area contributed by atoms with Gasteiger partial charge in [0.25, 0.3) is 0 Å². The second-order valence-electron chi connectivity index (χ2n) is 9.78. The highest BCUT2D eigenvalue weighted by atomic mass is 32.3. The number of unbranched alkanes of at least 4 members (excludes halogenated alkanes) is 2. The number of benzene rings is 2. The molecular weight excluding hydrogens is 510 g/mol. The van der Waals surface area contributed by atoms with Gasteiger partial charge in [-0.1, -0.05) is 57.7 Å².